The van der Waals surface area contributed by atoms with Gasteiger partial charge in [0.05, 0.1) is 12.2 Å². The first-order valence-electron chi connectivity index (χ1n) is 12.1. The third-order valence-electron chi connectivity index (χ3n) is 7.30. The first-order valence-corrected chi connectivity index (χ1v) is 12.1. The Morgan fingerprint density at radius 1 is 0.970 bits per heavy atom. The van der Waals surface area contributed by atoms with Crippen LogP contribution in [0.25, 0.3) is 0 Å². The molecule has 2 aromatic rings. The van der Waals surface area contributed by atoms with Crippen molar-refractivity contribution in [3.63, 3.8) is 0 Å². The number of aromatic hydroxyl groups is 1. The van der Waals surface area contributed by atoms with E-state index in [1.807, 2.05) is 24.3 Å². The van der Waals surface area contributed by atoms with Gasteiger partial charge < -0.3 is 24.8 Å². The first kappa shape index (κ1) is 21.9. The Morgan fingerprint density at radius 3 is 2.45 bits per heavy atom. The van der Waals surface area contributed by atoms with Gasteiger partial charge in [0.25, 0.3) is 0 Å². The van der Waals surface area contributed by atoms with E-state index in [-0.39, 0.29) is 11.3 Å². The molecule has 176 valence electrons. The summed E-state index contributed by atoms with van der Waals surface area (Å²) in [6.45, 7) is 5.43. The van der Waals surface area contributed by atoms with Crippen LogP contribution in [0, 0.1) is 0 Å². The summed E-state index contributed by atoms with van der Waals surface area (Å²) in [4.78, 5) is 17.2. The van der Waals surface area contributed by atoms with Crippen LogP contribution in [-0.2, 0) is 10.2 Å². The number of fused-ring (bicyclic) bond motifs is 1. The number of carbonyl (C=O) groups excluding carboxylic acids is 1. The van der Waals surface area contributed by atoms with E-state index in [9.17, 15) is 9.90 Å². The fourth-order valence-corrected chi connectivity index (χ4v) is 5.40. The summed E-state index contributed by atoms with van der Waals surface area (Å²) in [5.41, 5.74) is 2.07. The van der Waals surface area contributed by atoms with Gasteiger partial charge in [0, 0.05) is 38.1 Å². The molecule has 5 rings (SSSR count). The van der Waals surface area contributed by atoms with Gasteiger partial charge >= 0.3 is 0 Å². The topological polar surface area (TPSA) is 74.3 Å². The number of phenolic OH excluding ortho intramolecular Hbond substituents is 1. The molecule has 0 atom stereocenters. The molecule has 7 nitrogen and oxygen atoms in total. The van der Waals surface area contributed by atoms with E-state index < -0.39 is 0 Å². The van der Waals surface area contributed by atoms with Crippen LogP contribution in [0.5, 0.6) is 17.2 Å². The van der Waals surface area contributed by atoms with Crippen molar-refractivity contribution >= 4 is 11.6 Å². The van der Waals surface area contributed by atoms with Gasteiger partial charge in [-0.15, -0.1) is 0 Å². The summed E-state index contributed by atoms with van der Waals surface area (Å²) in [6, 6.07) is 13.7. The normalized spacial score (nSPS) is 19.9. The molecule has 1 saturated heterocycles. The summed E-state index contributed by atoms with van der Waals surface area (Å²) in [6.07, 6.45) is 4.51. The average Bonchev–Trinajstić information content (AvgIpc) is 3.34. The van der Waals surface area contributed by atoms with E-state index in [1.54, 1.807) is 6.07 Å². The van der Waals surface area contributed by atoms with Crippen molar-refractivity contribution in [3.8, 4) is 17.2 Å². The van der Waals surface area contributed by atoms with Crippen molar-refractivity contribution in [3.05, 3.63) is 48.0 Å². The van der Waals surface area contributed by atoms with Crippen molar-refractivity contribution in [1.82, 2.24) is 10.2 Å². The molecule has 0 radical (unpaired) electrons. The van der Waals surface area contributed by atoms with E-state index in [4.69, 9.17) is 9.47 Å². The smallest absolute Gasteiger partial charge is 0.234 e. The standard InChI is InChI=1S/C26H33N3O4/c30-22-6-2-1-5-21(22)29-13-11-28(12-14-29)18-25(31)27-19-26(9-3-4-10-26)20-7-8-23-24(17-20)33-16-15-32-23/h1-2,5-8,17,30H,3-4,9-16,18-19H2,(H,27,31). The molecule has 1 saturated carbocycles. The number of hydrogen-bond donors (Lipinski definition) is 2. The molecule has 2 heterocycles. The first-order chi connectivity index (χ1) is 16.1. The maximum absolute atomic E-state index is 12.8. The van der Waals surface area contributed by atoms with Crippen molar-refractivity contribution in [1.29, 1.82) is 0 Å². The zero-order valence-corrected chi connectivity index (χ0v) is 19.1. The van der Waals surface area contributed by atoms with Crippen LogP contribution in [0.1, 0.15) is 31.2 Å². The fourth-order valence-electron chi connectivity index (χ4n) is 5.40. The number of piperazine rings is 1. The Labute approximate surface area is 195 Å². The van der Waals surface area contributed by atoms with E-state index in [2.05, 4.69) is 27.2 Å². The second-order valence-electron chi connectivity index (χ2n) is 9.37. The number of amides is 1. The van der Waals surface area contributed by atoms with Crippen LogP contribution in [0.2, 0.25) is 0 Å². The van der Waals surface area contributed by atoms with E-state index in [1.165, 1.54) is 18.4 Å². The average molecular weight is 452 g/mol. The lowest BCUT2D eigenvalue weighted by atomic mass is 9.78. The number of para-hydroxylation sites is 2. The van der Waals surface area contributed by atoms with Crippen LogP contribution >= 0.6 is 0 Å². The molecule has 2 aliphatic heterocycles. The second kappa shape index (κ2) is 9.51. The Bertz CT molecular complexity index is 981. The van der Waals surface area contributed by atoms with E-state index in [0.29, 0.717) is 32.1 Å². The lowest BCUT2D eigenvalue weighted by Crippen LogP contribution is -2.50. The third-order valence-corrected chi connectivity index (χ3v) is 7.30. The highest BCUT2D eigenvalue weighted by molar-refractivity contribution is 5.78. The van der Waals surface area contributed by atoms with Crippen molar-refractivity contribution < 1.29 is 19.4 Å². The lowest BCUT2D eigenvalue weighted by Gasteiger charge is -2.36. The number of nitrogens with one attached hydrogen (secondary N) is 1. The second-order valence-corrected chi connectivity index (χ2v) is 9.37. The SMILES string of the molecule is O=C(CN1CCN(c2ccccc2O)CC1)NCC1(c2ccc3c(c2)OCCO3)CCCC1. The molecule has 0 aromatic heterocycles. The molecule has 2 aromatic carbocycles. The van der Waals surface area contributed by atoms with E-state index in [0.717, 1.165) is 56.2 Å². The van der Waals surface area contributed by atoms with Crippen molar-refractivity contribution in [2.75, 3.05) is 57.4 Å². The molecule has 3 aliphatic rings. The fraction of sp³-hybridized carbons (Fsp3) is 0.500. The summed E-state index contributed by atoms with van der Waals surface area (Å²) >= 11 is 0. The Kier molecular flexibility index (Phi) is 6.31. The molecule has 2 N–H and O–H groups in total. The highest BCUT2D eigenvalue weighted by Crippen LogP contribution is 2.43. The van der Waals surface area contributed by atoms with Gasteiger partial charge in [-0.05, 0) is 42.7 Å². The lowest BCUT2D eigenvalue weighted by molar-refractivity contribution is -0.122. The molecule has 0 spiro atoms. The predicted octanol–water partition coefficient (Wildman–Crippen LogP) is 2.91. The van der Waals surface area contributed by atoms with Crippen LogP contribution in [-0.4, -0.2) is 68.4 Å². The molecule has 7 heteroatoms. The monoisotopic (exact) mass is 451 g/mol. The van der Waals surface area contributed by atoms with Gasteiger partial charge in [0.2, 0.25) is 5.91 Å². The minimum absolute atomic E-state index is 0.0327. The van der Waals surface area contributed by atoms with E-state index >= 15 is 0 Å². The molecule has 1 aliphatic carbocycles. The zero-order valence-electron chi connectivity index (χ0n) is 19.1. The third kappa shape index (κ3) is 4.74. The quantitative estimate of drug-likeness (QED) is 0.704. The van der Waals surface area contributed by atoms with Gasteiger partial charge in [-0.25, -0.2) is 0 Å². The minimum Gasteiger partial charge on any atom is -0.506 e. The summed E-state index contributed by atoms with van der Waals surface area (Å²) < 4.78 is 11.5. The molecule has 0 unspecified atom stereocenters. The number of benzene rings is 2. The zero-order chi connectivity index (χ0) is 22.7. The number of nitrogens with zero attached hydrogens (tertiary/aromatic N) is 2. The van der Waals surface area contributed by atoms with Gasteiger partial charge in [-0.3, -0.25) is 9.69 Å². The highest BCUT2D eigenvalue weighted by Gasteiger charge is 2.37. The summed E-state index contributed by atoms with van der Waals surface area (Å²) in [7, 11) is 0. The van der Waals surface area contributed by atoms with Gasteiger partial charge in [-0.1, -0.05) is 31.0 Å². The number of rotatable bonds is 6. The number of carbonyl (C=O) groups is 1. The molecule has 1 amide bonds. The maximum Gasteiger partial charge on any atom is 0.234 e. The molecule has 2 fully saturated rings. The molecule has 33 heavy (non-hydrogen) atoms. The number of anilines is 1. The number of ether oxygens (including phenoxy) is 2. The van der Waals surface area contributed by atoms with Gasteiger partial charge in [0.1, 0.15) is 19.0 Å². The van der Waals surface area contributed by atoms with Gasteiger partial charge in [-0.2, -0.15) is 0 Å². The summed E-state index contributed by atoms with van der Waals surface area (Å²) in [5, 5.41) is 13.3. The van der Waals surface area contributed by atoms with Crippen LogP contribution in [0.4, 0.5) is 5.69 Å². The summed E-state index contributed by atoms with van der Waals surface area (Å²) in [5.74, 6) is 2.02. The number of hydrogen-bond acceptors (Lipinski definition) is 6. The Morgan fingerprint density at radius 2 is 1.70 bits per heavy atom. The van der Waals surface area contributed by atoms with Crippen molar-refractivity contribution in [2.45, 2.75) is 31.1 Å². The van der Waals surface area contributed by atoms with Crippen LogP contribution in [0.15, 0.2) is 42.5 Å². The van der Waals surface area contributed by atoms with Crippen molar-refractivity contribution in [2.24, 2.45) is 0 Å². The minimum atomic E-state index is -0.0327. The molecular weight excluding hydrogens is 418 g/mol. The Hall–Kier alpha value is -2.93. The maximum atomic E-state index is 12.8. The predicted molar refractivity (Wildman–Crippen MR) is 127 cm³/mol. The molecule has 0 bridgehead atoms. The Balaban J connectivity index is 1.16. The molecular formula is C26H33N3O4. The highest BCUT2D eigenvalue weighted by atomic mass is 16.6. The van der Waals surface area contributed by atoms with Crippen LogP contribution in [0.3, 0.4) is 0 Å². The largest absolute Gasteiger partial charge is 0.506 e. The number of phenols is 1. The van der Waals surface area contributed by atoms with Gasteiger partial charge in [0.15, 0.2) is 11.5 Å². The van der Waals surface area contributed by atoms with Crippen LogP contribution < -0.4 is 19.7 Å².